The van der Waals surface area contributed by atoms with Crippen molar-refractivity contribution < 1.29 is 19.4 Å². The molecule has 2 N–H and O–H groups in total. The molecule has 1 aromatic carbocycles. The molecule has 126 valence electrons. The average Bonchev–Trinajstić information content (AvgIpc) is 3.16. The third-order valence-electron chi connectivity index (χ3n) is 5.00. The highest BCUT2D eigenvalue weighted by Gasteiger charge is 2.40. The van der Waals surface area contributed by atoms with Crippen molar-refractivity contribution in [1.29, 1.82) is 0 Å². The van der Waals surface area contributed by atoms with E-state index < -0.39 is 5.60 Å². The fraction of sp³-hybridized carbons (Fsp3) is 0.611. The van der Waals surface area contributed by atoms with Gasteiger partial charge in [-0.1, -0.05) is 30.3 Å². The van der Waals surface area contributed by atoms with Gasteiger partial charge in [-0.05, 0) is 30.7 Å². The lowest BCUT2D eigenvalue weighted by Crippen LogP contribution is -2.48. The molecule has 2 atom stereocenters. The molecule has 0 unspecified atom stereocenters. The Kier molecular flexibility index (Phi) is 5.30. The fourth-order valence-electron chi connectivity index (χ4n) is 3.49. The maximum absolute atomic E-state index is 12.3. The third kappa shape index (κ3) is 3.74. The molecule has 2 aliphatic rings. The Morgan fingerprint density at radius 2 is 1.83 bits per heavy atom. The van der Waals surface area contributed by atoms with Gasteiger partial charge < -0.3 is 19.9 Å². The Bertz CT molecular complexity index is 509. The zero-order valence-electron chi connectivity index (χ0n) is 13.4. The van der Waals surface area contributed by atoms with Gasteiger partial charge in [-0.15, -0.1) is 0 Å². The van der Waals surface area contributed by atoms with Crippen molar-refractivity contribution in [3.8, 4) is 0 Å². The van der Waals surface area contributed by atoms with Crippen LogP contribution < -0.4 is 5.32 Å². The van der Waals surface area contributed by atoms with Gasteiger partial charge in [-0.2, -0.15) is 0 Å². The average molecular weight is 319 g/mol. The van der Waals surface area contributed by atoms with E-state index in [4.69, 9.17) is 9.47 Å². The van der Waals surface area contributed by atoms with Crippen LogP contribution in [-0.2, 0) is 19.9 Å². The number of carbonyl (C=O) groups excluding carboxylic acids is 1. The fourth-order valence-corrected chi connectivity index (χ4v) is 3.49. The van der Waals surface area contributed by atoms with E-state index in [0.29, 0.717) is 26.4 Å². The van der Waals surface area contributed by atoms with Crippen LogP contribution in [0.3, 0.4) is 0 Å². The molecule has 23 heavy (non-hydrogen) atoms. The van der Waals surface area contributed by atoms with Gasteiger partial charge in [-0.25, -0.2) is 0 Å². The van der Waals surface area contributed by atoms with E-state index in [2.05, 4.69) is 5.32 Å². The first-order chi connectivity index (χ1) is 11.2. The summed E-state index contributed by atoms with van der Waals surface area (Å²) in [6.07, 6.45) is 2.36. The van der Waals surface area contributed by atoms with Gasteiger partial charge in [0.25, 0.3) is 0 Å². The van der Waals surface area contributed by atoms with Gasteiger partial charge in [0.05, 0.1) is 19.1 Å². The van der Waals surface area contributed by atoms with Crippen molar-refractivity contribution in [3.63, 3.8) is 0 Å². The Balaban J connectivity index is 1.73. The summed E-state index contributed by atoms with van der Waals surface area (Å²) < 4.78 is 10.7. The van der Waals surface area contributed by atoms with Crippen molar-refractivity contribution in [1.82, 2.24) is 5.32 Å². The number of ether oxygens (including phenoxy) is 2. The Hall–Kier alpha value is -1.43. The molecular weight excluding hydrogens is 294 g/mol. The van der Waals surface area contributed by atoms with Gasteiger partial charge in [0, 0.05) is 19.8 Å². The number of carbonyl (C=O) groups is 1. The van der Waals surface area contributed by atoms with Crippen LogP contribution in [0.4, 0.5) is 0 Å². The second-order valence-electron chi connectivity index (χ2n) is 6.46. The van der Waals surface area contributed by atoms with E-state index in [9.17, 15) is 9.90 Å². The number of nitrogens with one attached hydrogen (secondary N) is 1. The molecule has 3 rings (SSSR count). The third-order valence-corrected chi connectivity index (χ3v) is 5.00. The summed E-state index contributed by atoms with van der Waals surface area (Å²) >= 11 is 0. The van der Waals surface area contributed by atoms with Gasteiger partial charge in [-0.3, -0.25) is 4.79 Å². The van der Waals surface area contributed by atoms with Gasteiger partial charge in [0.1, 0.15) is 5.60 Å². The standard InChI is InChI=1S/C18H25NO4/c20-17(14-6-9-23-12-14)19-13-18(21,15-4-2-1-3-5-15)16-7-10-22-11-8-16/h1-5,14,16,21H,6-13H2,(H,19,20)/t14-,18-/m0/s1. The van der Waals surface area contributed by atoms with Crippen LogP contribution >= 0.6 is 0 Å². The molecule has 2 saturated heterocycles. The first-order valence-corrected chi connectivity index (χ1v) is 8.41. The van der Waals surface area contributed by atoms with Crippen molar-refractivity contribution in [2.45, 2.75) is 24.9 Å². The lowest BCUT2D eigenvalue weighted by Gasteiger charge is -2.39. The van der Waals surface area contributed by atoms with E-state index in [1.807, 2.05) is 30.3 Å². The van der Waals surface area contributed by atoms with E-state index in [1.165, 1.54) is 0 Å². The summed E-state index contributed by atoms with van der Waals surface area (Å²) in [5.74, 6) is -0.0348. The van der Waals surface area contributed by atoms with Gasteiger partial charge in [0.15, 0.2) is 0 Å². The van der Waals surface area contributed by atoms with E-state index in [1.54, 1.807) is 0 Å². The van der Waals surface area contributed by atoms with E-state index in [0.717, 1.165) is 24.8 Å². The maximum atomic E-state index is 12.3. The summed E-state index contributed by atoms with van der Waals surface area (Å²) in [4.78, 5) is 12.3. The first-order valence-electron chi connectivity index (χ1n) is 8.41. The van der Waals surface area contributed by atoms with Crippen LogP contribution in [0, 0.1) is 11.8 Å². The topological polar surface area (TPSA) is 67.8 Å². The summed E-state index contributed by atoms with van der Waals surface area (Å²) in [6.45, 7) is 2.67. The quantitative estimate of drug-likeness (QED) is 0.862. The molecule has 5 nitrogen and oxygen atoms in total. The molecule has 0 aromatic heterocycles. The van der Waals surface area contributed by atoms with Crippen LogP contribution in [0.15, 0.2) is 30.3 Å². The summed E-state index contributed by atoms with van der Waals surface area (Å²) in [6, 6.07) is 9.64. The molecule has 0 aliphatic carbocycles. The Labute approximate surface area is 137 Å². The van der Waals surface area contributed by atoms with Crippen LogP contribution in [0.25, 0.3) is 0 Å². The molecule has 1 amide bonds. The van der Waals surface area contributed by atoms with Crippen molar-refractivity contribution >= 4 is 5.91 Å². The lowest BCUT2D eigenvalue weighted by molar-refractivity contribution is -0.128. The van der Waals surface area contributed by atoms with Crippen molar-refractivity contribution in [3.05, 3.63) is 35.9 Å². The van der Waals surface area contributed by atoms with Crippen LogP contribution in [0.5, 0.6) is 0 Å². The predicted octanol–water partition coefficient (Wildman–Crippen LogP) is 1.45. The normalized spacial score (nSPS) is 25.0. The molecule has 1 aromatic rings. The molecule has 2 heterocycles. The largest absolute Gasteiger partial charge is 0.383 e. The van der Waals surface area contributed by atoms with Crippen molar-refractivity contribution in [2.75, 3.05) is 33.0 Å². The first kappa shape index (κ1) is 16.4. The minimum absolute atomic E-state index is 0.0242. The monoisotopic (exact) mass is 319 g/mol. The number of hydrogen-bond donors (Lipinski definition) is 2. The number of rotatable bonds is 5. The predicted molar refractivity (Wildman–Crippen MR) is 85.8 cm³/mol. The number of benzene rings is 1. The number of aliphatic hydroxyl groups is 1. The van der Waals surface area contributed by atoms with Crippen LogP contribution in [-0.4, -0.2) is 44.0 Å². The zero-order chi connectivity index (χ0) is 16.1. The van der Waals surface area contributed by atoms with Crippen molar-refractivity contribution in [2.24, 2.45) is 11.8 Å². The number of hydrogen-bond acceptors (Lipinski definition) is 4. The molecule has 2 fully saturated rings. The summed E-state index contributed by atoms with van der Waals surface area (Å²) in [5, 5.41) is 14.3. The SMILES string of the molecule is O=C(NC[C@](O)(c1ccccc1)C1CCOCC1)[C@H]1CCOC1. The molecule has 0 bridgehead atoms. The molecular formula is C18H25NO4. The highest BCUT2D eigenvalue weighted by Crippen LogP contribution is 2.35. The van der Waals surface area contributed by atoms with E-state index in [-0.39, 0.29) is 24.3 Å². The maximum Gasteiger partial charge on any atom is 0.225 e. The van der Waals surface area contributed by atoms with E-state index >= 15 is 0 Å². The highest BCUT2D eigenvalue weighted by atomic mass is 16.5. The summed E-state index contributed by atoms with van der Waals surface area (Å²) in [5.41, 5.74) is -0.199. The zero-order valence-corrected chi connectivity index (χ0v) is 13.4. The molecule has 0 radical (unpaired) electrons. The minimum atomic E-state index is -1.06. The number of amides is 1. The smallest absolute Gasteiger partial charge is 0.225 e. The second kappa shape index (κ2) is 7.43. The molecule has 0 spiro atoms. The molecule has 5 heteroatoms. The van der Waals surface area contributed by atoms with Crippen LogP contribution in [0.1, 0.15) is 24.8 Å². The van der Waals surface area contributed by atoms with Crippen LogP contribution in [0.2, 0.25) is 0 Å². The Morgan fingerprint density at radius 1 is 1.13 bits per heavy atom. The second-order valence-corrected chi connectivity index (χ2v) is 6.46. The highest BCUT2D eigenvalue weighted by molar-refractivity contribution is 5.79. The minimum Gasteiger partial charge on any atom is -0.383 e. The molecule has 0 saturated carbocycles. The summed E-state index contributed by atoms with van der Waals surface area (Å²) in [7, 11) is 0. The van der Waals surface area contributed by atoms with Gasteiger partial charge in [0.2, 0.25) is 5.91 Å². The molecule has 2 aliphatic heterocycles. The Morgan fingerprint density at radius 3 is 2.48 bits per heavy atom. The van der Waals surface area contributed by atoms with Gasteiger partial charge >= 0.3 is 0 Å². The lowest BCUT2D eigenvalue weighted by atomic mass is 9.77.